The molecule has 1 aromatic heterocycles. The zero-order valence-corrected chi connectivity index (χ0v) is 14.7. The molecule has 134 valence electrons. The van der Waals surface area contributed by atoms with Crippen molar-refractivity contribution in [3.05, 3.63) is 82.4 Å². The predicted octanol–water partition coefficient (Wildman–Crippen LogP) is 3.67. The molecule has 0 aliphatic heterocycles. The van der Waals surface area contributed by atoms with Crippen molar-refractivity contribution in [2.24, 2.45) is 0 Å². The Labute approximate surface area is 151 Å². The summed E-state index contributed by atoms with van der Waals surface area (Å²) in [5, 5.41) is 9.63. The zero-order valence-electron chi connectivity index (χ0n) is 14.7. The minimum atomic E-state index is -0.362. The fourth-order valence-electron chi connectivity index (χ4n) is 2.54. The molecule has 0 unspecified atom stereocenters. The number of hydrogen-bond acceptors (Lipinski definition) is 3. The lowest BCUT2D eigenvalue weighted by Gasteiger charge is -2.09. The minimum absolute atomic E-state index is 0.167. The molecule has 1 amide bonds. The number of rotatable bonds is 6. The third-order valence-corrected chi connectivity index (χ3v) is 4.21. The molecule has 0 bridgehead atoms. The highest BCUT2D eigenvalue weighted by molar-refractivity contribution is 5.92. The number of nitrogens with zero attached hydrogens (tertiary/aromatic N) is 1. The molecule has 0 radical (unpaired) electrons. The molecule has 0 atom stereocenters. The maximum absolute atomic E-state index is 13.1. The van der Waals surface area contributed by atoms with E-state index < -0.39 is 0 Å². The Morgan fingerprint density at radius 2 is 2.00 bits per heavy atom. The van der Waals surface area contributed by atoms with E-state index >= 15 is 0 Å². The van der Waals surface area contributed by atoms with E-state index in [0.29, 0.717) is 18.0 Å². The average molecular weight is 353 g/mol. The van der Waals surface area contributed by atoms with Gasteiger partial charge in [0.15, 0.2) is 0 Å². The number of hydrogen-bond donors (Lipinski definition) is 2. The largest absolute Gasteiger partial charge is 0.487 e. The van der Waals surface area contributed by atoms with E-state index in [1.54, 1.807) is 18.2 Å². The van der Waals surface area contributed by atoms with Gasteiger partial charge in [-0.1, -0.05) is 24.3 Å². The summed E-state index contributed by atoms with van der Waals surface area (Å²) in [5.74, 6) is -0.210. The van der Waals surface area contributed by atoms with Gasteiger partial charge in [-0.2, -0.15) is 5.10 Å². The lowest BCUT2D eigenvalue weighted by molar-refractivity contribution is 0.0946. The van der Waals surface area contributed by atoms with Crippen LogP contribution in [0.2, 0.25) is 0 Å². The maximum Gasteiger partial charge on any atom is 0.272 e. The molecule has 0 spiro atoms. The number of aryl methyl sites for hydroxylation is 1. The van der Waals surface area contributed by atoms with E-state index in [4.69, 9.17) is 4.74 Å². The number of carbonyl (C=O) groups is 1. The first-order chi connectivity index (χ1) is 12.5. The van der Waals surface area contributed by atoms with Crippen LogP contribution in [0.15, 0.2) is 48.5 Å². The van der Waals surface area contributed by atoms with Gasteiger partial charge in [0.05, 0.1) is 5.69 Å². The first-order valence-corrected chi connectivity index (χ1v) is 8.29. The minimum Gasteiger partial charge on any atom is -0.487 e. The van der Waals surface area contributed by atoms with Gasteiger partial charge in [-0.25, -0.2) is 4.39 Å². The molecule has 0 saturated heterocycles. The topological polar surface area (TPSA) is 67.0 Å². The number of carbonyl (C=O) groups excluding carboxylic acids is 1. The van der Waals surface area contributed by atoms with Gasteiger partial charge in [0.25, 0.3) is 5.91 Å². The molecule has 6 heteroatoms. The van der Waals surface area contributed by atoms with E-state index in [9.17, 15) is 9.18 Å². The number of amides is 1. The summed E-state index contributed by atoms with van der Waals surface area (Å²) in [6, 6.07) is 13.5. The number of aromatic amines is 1. The maximum atomic E-state index is 13.1. The summed E-state index contributed by atoms with van der Waals surface area (Å²) >= 11 is 0. The van der Waals surface area contributed by atoms with Crippen LogP contribution in [0.3, 0.4) is 0 Å². The molecular formula is C20H20FN3O2. The molecule has 0 aliphatic carbocycles. The molecule has 26 heavy (non-hydrogen) atoms. The van der Waals surface area contributed by atoms with E-state index in [-0.39, 0.29) is 24.0 Å². The standard InChI is InChI=1S/C20H20FN3O2/c1-13-5-3-6-15(14(13)2)11-22-20(25)19-10-17(23-24-19)12-26-18-8-4-7-16(21)9-18/h3-10H,11-12H2,1-2H3,(H,22,25)(H,23,24). The van der Waals surface area contributed by atoms with Gasteiger partial charge in [-0.3, -0.25) is 9.89 Å². The molecule has 2 aromatic carbocycles. The molecule has 0 aliphatic rings. The van der Waals surface area contributed by atoms with Crippen LogP contribution in [-0.2, 0) is 13.2 Å². The van der Waals surface area contributed by atoms with Crippen LogP contribution in [0.4, 0.5) is 4.39 Å². The van der Waals surface area contributed by atoms with Gasteiger partial charge in [-0.15, -0.1) is 0 Å². The van der Waals surface area contributed by atoms with Gasteiger partial charge in [-0.05, 0) is 48.7 Å². The number of ether oxygens (including phenoxy) is 1. The normalized spacial score (nSPS) is 10.6. The molecular weight excluding hydrogens is 333 g/mol. The summed E-state index contributed by atoms with van der Waals surface area (Å²) in [6.45, 7) is 4.68. The second-order valence-corrected chi connectivity index (χ2v) is 6.07. The SMILES string of the molecule is Cc1cccc(CNC(=O)c2cc(COc3cccc(F)c3)[nH]n2)c1C. The van der Waals surface area contributed by atoms with Crippen LogP contribution in [0.5, 0.6) is 5.75 Å². The monoisotopic (exact) mass is 353 g/mol. The van der Waals surface area contributed by atoms with Crippen LogP contribution >= 0.6 is 0 Å². The zero-order chi connectivity index (χ0) is 18.5. The lowest BCUT2D eigenvalue weighted by atomic mass is 10.0. The average Bonchev–Trinajstić information content (AvgIpc) is 3.10. The Balaban J connectivity index is 1.56. The fourth-order valence-corrected chi connectivity index (χ4v) is 2.54. The Kier molecular flexibility index (Phi) is 5.31. The smallest absolute Gasteiger partial charge is 0.272 e. The van der Waals surface area contributed by atoms with E-state index in [1.165, 1.54) is 23.3 Å². The number of aromatic nitrogens is 2. The molecule has 3 rings (SSSR count). The van der Waals surface area contributed by atoms with Gasteiger partial charge < -0.3 is 10.1 Å². The Bertz CT molecular complexity index is 921. The van der Waals surface area contributed by atoms with Crippen molar-refractivity contribution in [3.63, 3.8) is 0 Å². The number of halogens is 1. The van der Waals surface area contributed by atoms with Crippen molar-refractivity contribution in [1.82, 2.24) is 15.5 Å². The third-order valence-electron chi connectivity index (χ3n) is 4.21. The van der Waals surface area contributed by atoms with Crippen molar-refractivity contribution >= 4 is 5.91 Å². The summed E-state index contributed by atoms with van der Waals surface area (Å²) in [4.78, 5) is 12.3. The predicted molar refractivity (Wildman–Crippen MR) is 96.4 cm³/mol. The molecule has 1 heterocycles. The Hall–Kier alpha value is -3.15. The number of H-pyrrole nitrogens is 1. The quantitative estimate of drug-likeness (QED) is 0.710. The van der Waals surface area contributed by atoms with Crippen LogP contribution in [0.1, 0.15) is 32.9 Å². The number of nitrogens with one attached hydrogen (secondary N) is 2. The second kappa shape index (κ2) is 7.82. The van der Waals surface area contributed by atoms with Crippen LogP contribution < -0.4 is 10.1 Å². The molecule has 0 fully saturated rings. The Morgan fingerprint density at radius 3 is 2.81 bits per heavy atom. The van der Waals surface area contributed by atoms with Gasteiger partial charge in [0.2, 0.25) is 0 Å². The highest BCUT2D eigenvalue weighted by Gasteiger charge is 2.11. The first-order valence-electron chi connectivity index (χ1n) is 8.29. The van der Waals surface area contributed by atoms with Crippen molar-refractivity contribution in [2.45, 2.75) is 27.0 Å². The Morgan fingerprint density at radius 1 is 1.19 bits per heavy atom. The lowest BCUT2D eigenvalue weighted by Crippen LogP contribution is -2.23. The molecule has 0 saturated carbocycles. The fraction of sp³-hybridized carbons (Fsp3) is 0.200. The molecule has 5 nitrogen and oxygen atoms in total. The third kappa shape index (κ3) is 4.27. The van der Waals surface area contributed by atoms with Crippen molar-refractivity contribution in [2.75, 3.05) is 0 Å². The van der Waals surface area contributed by atoms with E-state index in [2.05, 4.69) is 15.5 Å². The first kappa shape index (κ1) is 17.7. The highest BCUT2D eigenvalue weighted by Crippen LogP contribution is 2.14. The summed E-state index contributed by atoms with van der Waals surface area (Å²) < 4.78 is 18.6. The van der Waals surface area contributed by atoms with Crippen molar-refractivity contribution in [3.8, 4) is 5.75 Å². The molecule has 2 N–H and O–H groups in total. The summed E-state index contributed by atoms with van der Waals surface area (Å²) in [5.41, 5.74) is 4.34. The van der Waals surface area contributed by atoms with Crippen LogP contribution in [0.25, 0.3) is 0 Å². The summed E-state index contributed by atoms with van der Waals surface area (Å²) in [7, 11) is 0. The van der Waals surface area contributed by atoms with Gasteiger partial charge >= 0.3 is 0 Å². The van der Waals surface area contributed by atoms with Gasteiger partial charge in [0.1, 0.15) is 23.9 Å². The van der Waals surface area contributed by atoms with Crippen LogP contribution in [-0.4, -0.2) is 16.1 Å². The van der Waals surface area contributed by atoms with Gasteiger partial charge in [0, 0.05) is 12.6 Å². The second-order valence-electron chi connectivity index (χ2n) is 6.07. The van der Waals surface area contributed by atoms with E-state index in [1.807, 2.05) is 32.0 Å². The molecule has 3 aromatic rings. The number of benzene rings is 2. The highest BCUT2D eigenvalue weighted by atomic mass is 19.1. The van der Waals surface area contributed by atoms with E-state index in [0.717, 1.165) is 5.56 Å². The summed E-state index contributed by atoms with van der Waals surface area (Å²) in [6.07, 6.45) is 0. The van der Waals surface area contributed by atoms with Crippen LogP contribution in [0, 0.1) is 19.7 Å². The van der Waals surface area contributed by atoms with Crippen molar-refractivity contribution in [1.29, 1.82) is 0 Å². The van der Waals surface area contributed by atoms with Crippen molar-refractivity contribution < 1.29 is 13.9 Å².